The van der Waals surface area contributed by atoms with Crippen LogP contribution in [-0.2, 0) is 4.57 Å². The molecule has 0 heterocycles. The molecule has 0 bridgehead atoms. The van der Waals surface area contributed by atoms with Crippen LogP contribution in [0, 0.1) is 5.82 Å². The molecule has 0 saturated heterocycles. The Kier molecular flexibility index (Phi) is 2.47. The van der Waals surface area contributed by atoms with Crippen LogP contribution in [0.25, 0.3) is 0 Å². The molecule has 1 rings (SSSR count). The van der Waals surface area contributed by atoms with Crippen molar-refractivity contribution in [1.82, 2.24) is 0 Å². The zero-order valence-corrected chi connectivity index (χ0v) is 6.83. The molecule has 0 aliphatic heterocycles. The average Bonchev–Trinajstić information content (AvgIpc) is 1.91. The summed E-state index contributed by atoms with van der Waals surface area (Å²) in [6, 6.07) is 4.71. The van der Waals surface area contributed by atoms with Gasteiger partial charge in [-0.1, -0.05) is 0 Å². The summed E-state index contributed by atoms with van der Waals surface area (Å²) in [4.78, 5) is 16.9. The molecule has 0 spiro atoms. The predicted octanol–water partition coefficient (Wildman–Crippen LogP) is 1.33. The number of hydrogen-bond donors (Lipinski definition) is 3. The van der Waals surface area contributed by atoms with Crippen molar-refractivity contribution in [3.8, 4) is 0 Å². The minimum absolute atomic E-state index is 0.185. The minimum Gasteiger partial charge on any atom is -0.308 e. The quantitative estimate of drug-likeness (QED) is 0.616. The molecule has 12 heavy (non-hydrogen) atoms. The molecule has 0 atom stereocenters. The molecule has 1 aromatic carbocycles. The minimum atomic E-state index is -4.28. The van der Waals surface area contributed by atoms with E-state index in [1.807, 2.05) is 5.09 Å². The lowest BCUT2D eigenvalue weighted by molar-refractivity contribution is 0.380. The third kappa shape index (κ3) is 3.00. The Hall–Kier alpha value is -0.900. The Labute approximate surface area is 68.3 Å². The normalized spacial score (nSPS) is 11.2. The smallest absolute Gasteiger partial charge is 0.308 e. The SMILES string of the molecule is O=P(O)(O)Nc1ccc(F)cc1. The summed E-state index contributed by atoms with van der Waals surface area (Å²) in [6.07, 6.45) is 0. The van der Waals surface area contributed by atoms with Gasteiger partial charge in [-0.05, 0) is 24.3 Å². The maximum Gasteiger partial charge on any atom is 0.427 e. The molecular weight excluding hydrogens is 184 g/mol. The van der Waals surface area contributed by atoms with E-state index in [4.69, 9.17) is 9.79 Å². The second kappa shape index (κ2) is 3.23. The van der Waals surface area contributed by atoms with E-state index in [1.54, 1.807) is 0 Å². The Bertz CT molecular complexity index is 307. The van der Waals surface area contributed by atoms with Crippen molar-refractivity contribution in [2.24, 2.45) is 0 Å². The molecule has 0 aliphatic rings. The third-order valence-corrected chi connectivity index (χ3v) is 1.67. The molecule has 0 fully saturated rings. The van der Waals surface area contributed by atoms with Crippen molar-refractivity contribution in [1.29, 1.82) is 0 Å². The van der Waals surface area contributed by atoms with E-state index < -0.39 is 13.6 Å². The molecule has 0 aromatic heterocycles. The second-order valence-electron chi connectivity index (χ2n) is 2.16. The van der Waals surface area contributed by atoms with E-state index in [0.717, 1.165) is 12.1 Å². The second-order valence-corrected chi connectivity index (χ2v) is 3.47. The van der Waals surface area contributed by atoms with Gasteiger partial charge in [0.05, 0.1) is 0 Å². The van der Waals surface area contributed by atoms with E-state index >= 15 is 0 Å². The Balaban J connectivity index is 2.78. The van der Waals surface area contributed by atoms with Crippen molar-refractivity contribution in [2.75, 3.05) is 5.09 Å². The highest BCUT2D eigenvalue weighted by Crippen LogP contribution is 2.34. The van der Waals surface area contributed by atoms with E-state index in [2.05, 4.69) is 0 Å². The van der Waals surface area contributed by atoms with E-state index in [9.17, 15) is 8.96 Å². The standard InChI is InChI=1S/C6H7FNO3P/c7-5-1-3-6(4-2-5)8-12(9,10)11/h1-4H,(H3,8,9,10,11). The third-order valence-electron chi connectivity index (χ3n) is 1.12. The molecule has 0 radical (unpaired) electrons. The first-order valence-electron chi connectivity index (χ1n) is 3.07. The van der Waals surface area contributed by atoms with Gasteiger partial charge < -0.3 is 9.79 Å². The van der Waals surface area contributed by atoms with Gasteiger partial charge in [-0.2, -0.15) is 0 Å². The van der Waals surface area contributed by atoms with Gasteiger partial charge in [-0.25, -0.2) is 8.96 Å². The van der Waals surface area contributed by atoms with Crippen LogP contribution in [-0.4, -0.2) is 9.79 Å². The topological polar surface area (TPSA) is 69.6 Å². The summed E-state index contributed by atoms with van der Waals surface area (Å²) in [6.45, 7) is 0. The summed E-state index contributed by atoms with van der Waals surface area (Å²) >= 11 is 0. The summed E-state index contributed by atoms with van der Waals surface area (Å²) in [5.41, 5.74) is 0.185. The number of rotatable bonds is 2. The van der Waals surface area contributed by atoms with Crippen LogP contribution in [0.3, 0.4) is 0 Å². The molecular formula is C6H7FNO3P. The monoisotopic (exact) mass is 191 g/mol. The first-order valence-corrected chi connectivity index (χ1v) is 4.68. The van der Waals surface area contributed by atoms with Crippen molar-refractivity contribution >= 4 is 13.4 Å². The fraction of sp³-hybridized carbons (Fsp3) is 0. The molecule has 6 heteroatoms. The van der Waals surface area contributed by atoms with E-state index in [1.165, 1.54) is 12.1 Å². The van der Waals surface area contributed by atoms with Gasteiger partial charge in [0.25, 0.3) is 0 Å². The van der Waals surface area contributed by atoms with Gasteiger partial charge in [0.15, 0.2) is 0 Å². The lowest BCUT2D eigenvalue weighted by Crippen LogP contribution is -1.93. The van der Waals surface area contributed by atoms with Gasteiger partial charge in [0, 0.05) is 5.69 Å². The number of halogens is 1. The van der Waals surface area contributed by atoms with Crippen LogP contribution >= 0.6 is 7.75 Å². The maximum atomic E-state index is 12.3. The molecule has 3 N–H and O–H groups in total. The summed E-state index contributed by atoms with van der Waals surface area (Å²) < 4.78 is 22.7. The van der Waals surface area contributed by atoms with Crippen LogP contribution in [0.4, 0.5) is 10.1 Å². The van der Waals surface area contributed by atoms with Gasteiger partial charge in [-0.3, -0.25) is 5.09 Å². The first-order chi connectivity index (χ1) is 5.47. The number of nitrogens with one attached hydrogen (secondary N) is 1. The van der Waals surface area contributed by atoms with Crippen molar-refractivity contribution in [3.63, 3.8) is 0 Å². The number of benzene rings is 1. The molecule has 0 unspecified atom stereocenters. The van der Waals surface area contributed by atoms with E-state index in [-0.39, 0.29) is 5.69 Å². The molecule has 0 saturated carbocycles. The largest absolute Gasteiger partial charge is 0.427 e. The van der Waals surface area contributed by atoms with Crippen molar-refractivity contribution < 1.29 is 18.7 Å². The first kappa shape index (κ1) is 9.19. The van der Waals surface area contributed by atoms with E-state index in [0.29, 0.717) is 0 Å². The molecule has 4 nitrogen and oxygen atoms in total. The van der Waals surface area contributed by atoms with Gasteiger partial charge in [0.1, 0.15) is 5.82 Å². The predicted molar refractivity (Wildman–Crippen MR) is 42.1 cm³/mol. The fourth-order valence-electron chi connectivity index (χ4n) is 0.693. The summed E-state index contributed by atoms with van der Waals surface area (Å²) in [5, 5.41) is 1.91. The zero-order chi connectivity index (χ0) is 9.19. The average molecular weight is 191 g/mol. The zero-order valence-electron chi connectivity index (χ0n) is 5.94. The molecule has 1 aromatic rings. The highest BCUT2D eigenvalue weighted by molar-refractivity contribution is 7.53. The number of hydrogen-bond acceptors (Lipinski definition) is 1. The molecule has 0 aliphatic carbocycles. The van der Waals surface area contributed by atoms with Crippen LogP contribution < -0.4 is 5.09 Å². The lowest BCUT2D eigenvalue weighted by atomic mass is 10.3. The van der Waals surface area contributed by atoms with Crippen LogP contribution in [0.2, 0.25) is 0 Å². The Morgan fingerprint density at radius 2 is 1.75 bits per heavy atom. The maximum absolute atomic E-state index is 12.3. The summed E-state index contributed by atoms with van der Waals surface area (Å²) in [5.74, 6) is -0.453. The van der Waals surface area contributed by atoms with Gasteiger partial charge >= 0.3 is 7.75 Å². The van der Waals surface area contributed by atoms with Crippen LogP contribution in [0.5, 0.6) is 0 Å². The van der Waals surface area contributed by atoms with Crippen molar-refractivity contribution in [2.45, 2.75) is 0 Å². The van der Waals surface area contributed by atoms with Crippen molar-refractivity contribution in [3.05, 3.63) is 30.1 Å². The molecule has 66 valence electrons. The Morgan fingerprint density at radius 1 is 1.25 bits per heavy atom. The highest BCUT2D eigenvalue weighted by Gasteiger charge is 2.11. The summed E-state index contributed by atoms with van der Waals surface area (Å²) in [7, 11) is -4.28. The van der Waals surface area contributed by atoms with Crippen LogP contribution in [0.1, 0.15) is 0 Å². The van der Waals surface area contributed by atoms with Crippen LogP contribution in [0.15, 0.2) is 24.3 Å². The molecule has 0 amide bonds. The lowest BCUT2D eigenvalue weighted by Gasteiger charge is -2.06. The van der Waals surface area contributed by atoms with Gasteiger partial charge in [0.2, 0.25) is 0 Å². The highest BCUT2D eigenvalue weighted by atomic mass is 31.2. The number of anilines is 1. The Morgan fingerprint density at radius 3 is 2.17 bits per heavy atom. The fourth-order valence-corrected chi connectivity index (χ4v) is 1.18. The van der Waals surface area contributed by atoms with Gasteiger partial charge in [-0.15, -0.1) is 0 Å².